The van der Waals surface area contributed by atoms with Crippen molar-refractivity contribution < 1.29 is 19.1 Å². The largest absolute Gasteiger partial charge is 0.466 e. The van der Waals surface area contributed by atoms with Crippen LogP contribution in [0.15, 0.2) is 10.6 Å². The Labute approximate surface area is 75.1 Å². The highest BCUT2D eigenvalue weighted by molar-refractivity contribution is 6.43. The predicted octanol–water partition coefficient (Wildman–Crippen LogP) is 0.845. The average Bonchev–Trinajstić information content (AvgIpc) is 2.12. The SMILES string of the molecule is COC(=O)/C(C)=C(\Cl)C(=O)OC. The van der Waals surface area contributed by atoms with E-state index in [1.54, 1.807) is 0 Å². The molecule has 0 fully saturated rings. The third kappa shape index (κ3) is 2.54. The first-order valence-electron chi connectivity index (χ1n) is 3.07. The number of hydrogen-bond acceptors (Lipinski definition) is 4. The molecule has 12 heavy (non-hydrogen) atoms. The molecule has 68 valence electrons. The van der Waals surface area contributed by atoms with E-state index in [9.17, 15) is 9.59 Å². The molecule has 0 N–H and O–H groups in total. The Kier molecular flexibility index (Phi) is 4.36. The topological polar surface area (TPSA) is 52.6 Å². The minimum absolute atomic E-state index is 0.0333. The van der Waals surface area contributed by atoms with Crippen molar-refractivity contribution in [3.8, 4) is 0 Å². The minimum Gasteiger partial charge on any atom is -0.466 e. The zero-order chi connectivity index (χ0) is 9.72. The summed E-state index contributed by atoms with van der Waals surface area (Å²) in [6.45, 7) is 1.38. The van der Waals surface area contributed by atoms with Crippen LogP contribution in [0, 0.1) is 0 Å². The molecule has 5 heteroatoms. The standard InChI is InChI=1S/C7H9ClO4/c1-4(6(9)11-2)5(8)7(10)12-3/h1-3H3/b5-4-. The highest BCUT2D eigenvalue weighted by atomic mass is 35.5. The molecule has 0 spiro atoms. The van der Waals surface area contributed by atoms with E-state index in [2.05, 4.69) is 9.47 Å². The summed E-state index contributed by atoms with van der Waals surface area (Å²) in [6, 6.07) is 0. The van der Waals surface area contributed by atoms with Crippen LogP contribution in [-0.2, 0) is 19.1 Å². The summed E-state index contributed by atoms with van der Waals surface area (Å²) in [6.07, 6.45) is 0. The van der Waals surface area contributed by atoms with Gasteiger partial charge < -0.3 is 9.47 Å². The fraction of sp³-hybridized carbons (Fsp3) is 0.429. The van der Waals surface area contributed by atoms with Gasteiger partial charge in [0, 0.05) is 0 Å². The number of carbonyl (C=O) groups excluding carboxylic acids is 2. The van der Waals surface area contributed by atoms with Crippen LogP contribution in [0.1, 0.15) is 6.92 Å². The van der Waals surface area contributed by atoms with Gasteiger partial charge in [-0.1, -0.05) is 11.6 Å². The molecule has 0 aliphatic rings. The van der Waals surface area contributed by atoms with E-state index in [1.165, 1.54) is 21.1 Å². The molecule has 0 bridgehead atoms. The summed E-state index contributed by atoms with van der Waals surface area (Å²) >= 11 is 5.46. The molecule has 0 saturated carbocycles. The van der Waals surface area contributed by atoms with Crippen LogP contribution in [-0.4, -0.2) is 26.2 Å². The molecule has 0 aromatic carbocycles. The van der Waals surface area contributed by atoms with Crippen molar-refractivity contribution in [1.82, 2.24) is 0 Å². The predicted molar refractivity (Wildman–Crippen MR) is 42.6 cm³/mol. The number of ether oxygens (including phenoxy) is 2. The van der Waals surface area contributed by atoms with Crippen LogP contribution in [0.25, 0.3) is 0 Å². The molecule has 0 atom stereocenters. The molecule has 0 aliphatic heterocycles. The Morgan fingerprint density at radius 2 is 1.50 bits per heavy atom. The van der Waals surface area contributed by atoms with E-state index < -0.39 is 11.9 Å². The second-order valence-electron chi connectivity index (χ2n) is 1.92. The van der Waals surface area contributed by atoms with Gasteiger partial charge in [-0.15, -0.1) is 0 Å². The summed E-state index contributed by atoms with van der Waals surface area (Å²) in [4.78, 5) is 21.6. The molecule has 0 aromatic heterocycles. The van der Waals surface area contributed by atoms with Crippen LogP contribution >= 0.6 is 11.6 Å². The fourth-order valence-electron chi connectivity index (χ4n) is 0.485. The molecule has 0 amide bonds. The molecular formula is C7H9ClO4. The van der Waals surface area contributed by atoms with E-state index in [1.807, 2.05) is 0 Å². The lowest BCUT2D eigenvalue weighted by Crippen LogP contribution is -2.09. The van der Waals surface area contributed by atoms with Gasteiger partial charge in [0.25, 0.3) is 0 Å². The van der Waals surface area contributed by atoms with Crippen molar-refractivity contribution in [2.75, 3.05) is 14.2 Å². The Morgan fingerprint density at radius 1 is 1.08 bits per heavy atom. The van der Waals surface area contributed by atoms with E-state index in [-0.39, 0.29) is 10.6 Å². The highest BCUT2D eigenvalue weighted by Crippen LogP contribution is 2.11. The number of hydrogen-bond donors (Lipinski definition) is 0. The van der Waals surface area contributed by atoms with E-state index in [4.69, 9.17) is 11.6 Å². The molecule has 0 aliphatic carbocycles. The second kappa shape index (κ2) is 4.77. The lowest BCUT2D eigenvalue weighted by molar-refractivity contribution is -0.138. The zero-order valence-corrected chi connectivity index (χ0v) is 7.77. The van der Waals surface area contributed by atoms with Gasteiger partial charge in [-0.2, -0.15) is 0 Å². The van der Waals surface area contributed by atoms with Gasteiger partial charge in [-0.05, 0) is 6.92 Å². The average molecular weight is 193 g/mol. The molecule has 0 rings (SSSR count). The number of rotatable bonds is 2. The number of methoxy groups -OCH3 is 2. The van der Waals surface area contributed by atoms with E-state index >= 15 is 0 Å². The maximum Gasteiger partial charge on any atom is 0.350 e. The van der Waals surface area contributed by atoms with Crippen molar-refractivity contribution in [1.29, 1.82) is 0 Å². The first kappa shape index (κ1) is 11.0. The van der Waals surface area contributed by atoms with Gasteiger partial charge in [-0.25, -0.2) is 9.59 Å². The lowest BCUT2D eigenvalue weighted by atomic mass is 10.3. The van der Waals surface area contributed by atoms with Crippen LogP contribution in [0.4, 0.5) is 0 Å². The fourth-order valence-corrected chi connectivity index (χ4v) is 0.640. The Bertz CT molecular complexity index is 208. The van der Waals surface area contributed by atoms with Gasteiger partial charge in [0.15, 0.2) is 0 Å². The monoisotopic (exact) mass is 192 g/mol. The van der Waals surface area contributed by atoms with Gasteiger partial charge >= 0.3 is 11.9 Å². The third-order valence-corrected chi connectivity index (χ3v) is 1.62. The van der Waals surface area contributed by atoms with Crippen LogP contribution < -0.4 is 0 Å². The molecular weight excluding hydrogens is 184 g/mol. The summed E-state index contributed by atoms with van der Waals surface area (Å²) in [5.41, 5.74) is 0.0333. The third-order valence-electron chi connectivity index (χ3n) is 1.19. The smallest absolute Gasteiger partial charge is 0.350 e. The van der Waals surface area contributed by atoms with Crippen molar-refractivity contribution in [2.45, 2.75) is 6.92 Å². The van der Waals surface area contributed by atoms with E-state index in [0.717, 1.165) is 0 Å². The second-order valence-corrected chi connectivity index (χ2v) is 2.30. The Balaban J connectivity index is 4.68. The number of halogens is 1. The van der Waals surface area contributed by atoms with Gasteiger partial charge in [0.1, 0.15) is 5.03 Å². The summed E-state index contributed by atoms with van der Waals surface area (Å²) < 4.78 is 8.63. The van der Waals surface area contributed by atoms with E-state index in [0.29, 0.717) is 0 Å². The first-order chi connectivity index (χ1) is 5.54. The van der Waals surface area contributed by atoms with Crippen molar-refractivity contribution in [2.24, 2.45) is 0 Å². The van der Waals surface area contributed by atoms with Crippen molar-refractivity contribution in [3.63, 3.8) is 0 Å². The Morgan fingerprint density at radius 3 is 1.83 bits per heavy atom. The summed E-state index contributed by atoms with van der Waals surface area (Å²) in [5.74, 6) is -1.40. The van der Waals surface area contributed by atoms with Crippen LogP contribution in [0.2, 0.25) is 0 Å². The maximum absolute atomic E-state index is 10.8. The first-order valence-corrected chi connectivity index (χ1v) is 3.45. The van der Waals surface area contributed by atoms with Gasteiger partial charge in [0.2, 0.25) is 0 Å². The molecule has 4 nitrogen and oxygen atoms in total. The zero-order valence-electron chi connectivity index (χ0n) is 7.01. The van der Waals surface area contributed by atoms with Crippen LogP contribution in [0.5, 0.6) is 0 Å². The number of esters is 2. The molecule has 0 heterocycles. The molecule has 0 radical (unpaired) electrons. The minimum atomic E-state index is -0.750. The molecule has 0 saturated heterocycles. The Hall–Kier alpha value is -1.03. The van der Waals surface area contributed by atoms with Gasteiger partial charge in [0.05, 0.1) is 19.8 Å². The molecule has 0 aromatic rings. The lowest BCUT2D eigenvalue weighted by Gasteiger charge is -2.01. The van der Waals surface area contributed by atoms with Crippen molar-refractivity contribution >= 4 is 23.5 Å². The quantitative estimate of drug-likeness (QED) is 0.481. The van der Waals surface area contributed by atoms with Crippen molar-refractivity contribution in [3.05, 3.63) is 10.6 Å². The number of carbonyl (C=O) groups is 2. The van der Waals surface area contributed by atoms with Crippen LogP contribution in [0.3, 0.4) is 0 Å². The van der Waals surface area contributed by atoms with Gasteiger partial charge in [-0.3, -0.25) is 0 Å². The highest BCUT2D eigenvalue weighted by Gasteiger charge is 2.15. The maximum atomic E-state index is 10.8. The summed E-state index contributed by atoms with van der Waals surface area (Å²) in [7, 11) is 2.38. The normalized spacial score (nSPS) is 11.7. The molecule has 0 unspecified atom stereocenters. The summed E-state index contributed by atoms with van der Waals surface area (Å²) in [5, 5.41) is -0.260.